The molecule has 1 heterocycles. The number of anilines is 1. The maximum atomic E-state index is 12.2. The van der Waals surface area contributed by atoms with Crippen LogP contribution in [0.3, 0.4) is 0 Å². The van der Waals surface area contributed by atoms with Crippen LogP contribution in [0.25, 0.3) is 0 Å². The quantitative estimate of drug-likeness (QED) is 0.833. The lowest BCUT2D eigenvalue weighted by Crippen LogP contribution is -2.50. The van der Waals surface area contributed by atoms with Gasteiger partial charge in [0.25, 0.3) is 0 Å². The first-order valence-electron chi connectivity index (χ1n) is 6.16. The van der Waals surface area contributed by atoms with Crippen LogP contribution in [-0.4, -0.2) is 28.8 Å². The Morgan fingerprint density at radius 2 is 2.00 bits per heavy atom. The average Bonchev–Trinajstić information content (AvgIpc) is 2.58. The Kier molecular flexibility index (Phi) is 3.58. The molecule has 1 N–H and O–H groups in total. The SMILES string of the molecule is CC1(C)c2ccccc2N(C(=O)CCS)C1C(=O)O. The molecule has 2 rings (SSSR count). The topological polar surface area (TPSA) is 57.6 Å². The van der Waals surface area contributed by atoms with E-state index in [0.717, 1.165) is 5.56 Å². The van der Waals surface area contributed by atoms with Crippen molar-refractivity contribution >= 4 is 30.2 Å². The van der Waals surface area contributed by atoms with Crippen LogP contribution in [-0.2, 0) is 15.0 Å². The molecule has 0 aromatic heterocycles. The normalized spacial score (nSPS) is 20.2. The van der Waals surface area contributed by atoms with Crippen molar-refractivity contribution in [3.63, 3.8) is 0 Å². The number of nitrogens with zero attached hydrogens (tertiary/aromatic N) is 1. The molecular weight excluding hydrogens is 262 g/mol. The molecule has 19 heavy (non-hydrogen) atoms. The zero-order valence-corrected chi connectivity index (χ0v) is 11.9. The van der Waals surface area contributed by atoms with Crippen LogP contribution in [0.5, 0.6) is 0 Å². The highest BCUT2D eigenvalue weighted by Crippen LogP contribution is 2.45. The number of amides is 1. The third kappa shape index (κ3) is 2.12. The molecule has 1 aliphatic rings. The number of hydrogen-bond donors (Lipinski definition) is 2. The number of aliphatic carboxylic acids is 1. The second kappa shape index (κ2) is 4.89. The van der Waals surface area contributed by atoms with E-state index in [2.05, 4.69) is 12.6 Å². The first-order chi connectivity index (χ1) is 8.91. The van der Waals surface area contributed by atoms with E-state index in [4.69, 9.17) is 0 Å². The number of benzene rings is 1. The maximum absolute atomic E-state index is 12.2. The van der Waals surface area contributed by atoms with Gasteiger partial charge in [-0.3, -0.25) is 9.69 Å². The van der Waals surface area contributed by atoms with E-state index in [1.54, 1.807) is 6.07 Å². The molecule has 1 aromatic carbocycles. The van der Waals surface area contributed by atoms with Crippen molar-refractivity contribution in [2.45, 2.75) is 31.7 Å². The van der Waals surface area contributed by atoms with E-state index in [0.29, 0.717) is 11.4 Å². The summed E-state index contributed by atoms with van der Waals surface area (Å²) in [4.78, 5) is 25.2. The number of rotatable bonds is 3. The summed E-state index contributed by atoms with van der Waals surface area (Å²) in [5.41, 5.74) is 0.996. The summed E-state index contributed by atoms with van der Waals surface area (Å²) in [6.45, 7) is 3.72. The average molecular weight is 279 g/mol. The minimum Gasteiger partial charge on any atom is -0.480 e. The van der Waals surface area contributed by atoms with Gasteiger partial charge in [0, 0.05) is 17.5 Å². The predicted octanol–water partition coefficient (Wildman–Crippen LogP) is 2.08. The molecule has 0 fully saturated rings. The molecule has 0 aliphatic carbocycles. The second-order valence-corrected chi connectivity index (χ2v) is 5.66. The number of thiol groups is 1. The molecule has 0 radical (unpaired) electrons. The maximum Gasteiger partial charge on any atom is 0.327 e. The first-order valence-corrected chi connectivity index (χ1v) is 6.79. The lowest BCUT2D eigenvalue weighted by molar-refractivity contribution is -0.141. The van der Waals surface area contributed by atoms with Crippen molar-refractivity contribution in [3.05, 3.63) is 29.8 Å². The number of hydrogen-bond acceptors (Lipinski definition) is 3. The van der Waals surface area contributed by atoms with E-state index in [1.807, 2.05) is 32.0 Å². The van der Waals surface area contributed by atoms with Gasteiger partial charge in [-0.05, 0) is 17.4 Å². The van der Waals surface area contributed by atoms with E-state index in [1.165, 1.54) is 4.90 Å². The Bertz CT molecular complexity index is 527. The van der Waals surface area contributed by atoms with Gasteiger partial charge in [0.2, 0.25) is 5.91 Å². The third-order valence-electron chi connectivity index (χ3n) is 3.63. The van der Waals surface area contributed by atoms with Crippen LogP contribution < -0.4 is 4.90 Å². The first kappa shape index (κ1) is 13.9. The van der Waals surface area contributed by atoms with Gasteiger partial charge in [-0.2, -0.15) is 12.6 Å². The van der Waals surface area contributed by atoms with Gasteiger partial charge < -0.3 is 5.11 Å². The molecule has 1 atom stereocenters. The summed E-state index contributed by atoms with van der Waals surface area (Å²) < 4.78 is 0. The van der Waals surface area contributed by atoms with Crippen LogP contribution >= 0.6 is 12.6 Å². The third-order valence-corrected chi connectivity index (χ3v) is 3.85. The Balaban J connectivity index is 2.56. The molecule has 1 aromatic rings. The smallest absolute Gasteiger partial charge is 0.327 e. The molecular formula is C14H17NO3S. The van der Waals surface area contributed by atoms with Crippen molar-refractivity contribution in [3.8, 4) is 0 Å². The summed E-state index contributed by atoms with van der Waals surface area (Å²) in [7, 11) is 0. The molecule has 0 saturated carbocycles. The van der Waals surface area contributed by atoms with Gasteiger partial charge in [0.05, 0.1) is 0 Å². The Morgan fingerprint density at radius 1 is 1.37 bits per heavy atom. The zero-order valence-electron chi connectivity index (χ0n) is 11.0. The van der Waals surface area contributed by atoms with Crippen molar-refractivity contribution in [1.29, 1.82) is 0 Å². The van der Waals surface area contributed by atoms with Gasteiger partial charge >= 0.3 is 5.97 Å². The van der Waals surface area contributed by atoms with Gasteiger partial charge in [0.1, 0.15) is 6.04 Å². The van der Waals surface area contributed by atoms with Crippen LogP contribution in [0.15, 0.2) is 24.3 Å². The standard InChI is InChI=1S/C14H17NO3S/c1-14(2)9-5-3-4-6-10(9)15(11(16)7-8-19)12(14)13(17)18/h3-6,12,19H,7-8H2,1-2H3,(H,17,18). The second-order valence-electron chi connectivity index (χ2n) is 5.22. The largest absolute Gasteiger partial charge is 0.480 e. The van der Waals surface area contributed by atoms with Gasteiger partial charge in [-0.25, -0.2) is 4.79 Å². The van der Waals surface area contributed by atoms with Gasteiger partial charge in [-0.1, -0.05) is 32.0 Å². The predicted molar refractivity (Wildman–Crippen MR) is 76.8 cm³/mol. The minimum absolute atomic E-state index is 0.194. The Hall–Kier alpha value is -1.49. The number of para-hydroxylation sites is 1. The Labute approximate surface area is 117 Å². The summed E-state index contributed by atoms with van der Waals surface area (Å²) in [6, 6.07) is 6.51. The molecule has 102 valence electrons. The molecule has 0 saturated heterocycles. The van der Waals surface area contributed by atoms with E-state index < -0.39 is 17.4 Å². The summed E-state index contributed by atoms with van der Waals surface area (Å²) in [5.74, 6) is -0.765. The lowest BCUT2D eigenvalue weighted by atomic mass is 9.80. The molecule has 0 spiro atoms. The monoisotopic (exact) mass is 279 g/mol. The van der Waals surface area contributed by atoms with E-state index in [-0.39, 0.29) is 12.3 Å². The van der Waals surface area contributed by atoms with Crippen molar-refractivity contribution in [2.24, 2.45) is 0 Å². The highest BCUT2D eigenvalue weighted by Gasteiger charge is 2.50. The number of carboxylic acids is 1. The van der Waals surface area contributed by atoms with Gasteiger partial charge in [0.15, 0.2) is 0 Å². The lowest BCUT2D eigenvalue weighted by Gasteiger charge is -2.29. The van der Waals surface area contributed by atoms with Gasteiger partial charge in [-0.15, -0.1) is 0 Å². The van der Waals surface area contributed by atoms with Crippen LogP contribution in [0.1, 0.15) is 25.8 Å². The fraction of sp³-hybridized carbons (Fsp3) is 0.429. The number of carbonyl (C=O) groups excluding carboxylic acids is 1. The highest BCUT2D eigenvalue weighted by molar-refractivity contribution is 7.80. The Morgan fingerprint density at radius 3 is 2.58 bits per heavy atom. The van der Waals surface area contributed by atoms with E-state index in [9.17, 15) is 14.7 Å². The number of carboxylic acid groups (broad SMARTS) is 1. The molecule has 5 heteroatoms. The zero-order chi connectivity index (χ0) is 14.2. The van der Waals surface area contributed by atoms with Crippen molar-refractivity contribution < 1.29 is 14.7 Å². The molecule has 0 bridgehead atoms. The van der Waals surface area contributed by atoms with Crippen molar-refractivity contribution in [1.82, 2.24) is 0 Å². The molecule has 1 unspecified atom stereocenters. The summed E-state index contributed by atoms with van der Waals surface area (Å²) in [6.07, 6.45) is 0.233. The molecule has 1 amide bonds. The van der Waals surface area contributed by atoms with Crippen LogP contribution in [0.4, 0.5) is 5.69 Å². The summed E-state index contributed by atoms with van der Waals surface area (Å²) in [5, 5.41) is 9.50. The van der Waals surface area contributed by atoms with Crippen LogP contribution in [0, 0.1) is 0 Å². The minimum atomic E-state index is -0.978. The number of fused-ring (bicyclic) bond motifs is 1. The molecule has 1 aliphatic heterocycles. The number of carbonyl (C=O) groups is 2. The van der Waals surface area contributed by atoms with E-state index >= 15 is 0 Å². The highest BCUT2D eigenvalue weighted by atomic mass is 32.1. The van der Waals surface area contributed by atoms with Crippen LogP contribution in [0.2, 0.25) is 0 Å². The molecule has 4 nitrogen and oxygen atoms in total. The fourth-order valence-corrected chi connectivity index (χ4v) is 2.94. The van der Waals surface area contributed by atoms with Crippen molar-refractivity contribution in [2.75, 3.05) is 10.7 Å². The summed E-state index contributed by atoms with van der Waals surface area (Å²) >= 11 is 4.05. The fourth-order valence-electron chi connectivity index (χ4n) is 2.75.